The number of pyridine rings is 1. The van der Waals surface area contributed by atoms with Crippen LogP contribution >= 0.6 is 0 Å². The van der Waals surface area contributed by atoms with Gasteiger partial charge in [0.25, 0.3) is 0 Å². The van der Waals surface area contributed by atoms with Crippen LogP contribution in [0.4, 0.5) is 0 Å². The van der Waals surface area contributed by atoms with Crippen molar-refractivity contribution in [2.24, 2.45) is 11.8 Å². The molecule has 1 heteroatoms. The predicted octanol–water partition coefficient (Wildman–Crippen LogP) is 6.96. The minimum Gasteiger partial charge on any atom is -0.256 e. The summed E-state index contributed by atoms with van der Waals surface area (Å²) in [6, 6.07) is 20.1. The molecule has 2 fully saturated rings. The van der Waals surface area contributed by atoms with E-state index >= 15 is 0 Å². The van der Waals surface area contributed by atoms with E-state index in [4.69, 9.17) is 0 Å². The molecule has 0 saturated heterocycles. The summed E-state index contributed by atoms with van der Waals surface area (Å²) in [7, 11) is 0. The first-order valence-electron chi connectivity index (χ1n) is 10.8. The molecule has 2 bridgehead atoms. The molecule has 6 rings (SSSR count). The summed E-state index contributed by atoms with van der Waals surface area (Å²) in [5.74, 6) is 2.65. The van der Waals surface area contributed by atoms with Crippen LogP contribution in [0.3, 0.4) is 0 Å². The molecule has 1 nitrogen and oxygen atoms in total. The van der Waals surface area contributed by atoms with E-state index in [1.54, 1.807) is 11.1 Å². The number of rotatable bonds is 2. The van der Waals surface area contributed by atoms with Crippen molar-refractivity contribution in [2.75, 3.05) is 0 Å². The van der Waals surface area contributed by atoms with Crippen LogP contribution < -0.4 is 0 Å². The van der Waals surface area contributed by atoms with Gasteiger partial charge in [-0.15, -0.1) is 0 Å². The molecule has 3 aromatic rings. The van der Waals surface area contributed by atoms with Crippen molar-refractivity contribution in [3.8, 4) is 22.4 Å². The highest BCUT2D eigenvalue weighted by atomic mass is 14.7. The monoisotopic (exact) mass is 365 g/mol. The fourth-order valence-electron chi connectivity index (χ4n) is 6.74. The van der Waals surface area contributed by atoms with E-state index < -0.39 is 0 Å². The molecule has 0 spiro atoms. The third-order valence-electron chi connectivity index (χ3n) is 7.78. The third-order valence-corrected chi connectivity index (χ3v) is 7.78. The number of fused-ring (bicyclic) bond motifs is 5. The van der Waals surface area contributed by atoms with Gasteiger partial charge in [0.15, 0.2) is 0 Å². The Kier molecular flexibility index (Phi) is 3.42. The fraction of sp³-hybridized carbons (Fsp3) is 0.370. The van der Waals surface area contributed by atoms with Crippen LogP contribution in [0, 0.1) is 11.8 Å². The van der Waals surface area contributed by atoms with Crippen LogP contribution in [0.25, 0.3) is 22.4 Å². The molecule has 1 aromatic heterocycles. The molecule has 28 heavy (non-hydrogen) atoms. The predicted molar refractivity (Wildman–Crippen MR) is 115 cm³/mol. The van der Waals surface area contributed by atoms with Crippen molar-refractivity contribution < 1.29 is 0 Å². The van der Waals surface area contributed by atoms with Gasteiger partial charge >= 0.3 is 0 Å². The van der Waals surface area contributed by atoms with E-state index in [0.29, 0.717) is 0 Å². The number of hydrogen-bond acceptors (Lipinski definition) is 1. The topological polar surface area (TPSA) is 12.9 Å². The highest BCUT2D eigenvalue weighted by Gasteiger charge is 2.45. The molecule has 140 valence electrons. The van der Waals surface area contributed by atoms with Crippen LogP contribution in [-0.2, 0) is 5.41 Å². The summed E-state index contributed by atoms with van der Waals surface area (Å²) in [6.45, 7) is 4.86. The maximum atomic E-state index is 4.69. The lowest BCUT2D eigenvalue weighted by molar-refractivity contribution is 0.415. The van der Waals surface area contributed by atoms with Crippen molar-refractivity contribution in [3.05, 3.63) is 77.5 Å². The van der Waals surface area contributed by atoms with Crippen molar-refractivity contribution in [1.82, 2.24) is 4.98 Å². The van der Waals surface area contributed by atoms with E-state index in [-0.39, 0.29) is 5.41 Å². The number of aromatic nitrogens is 1. The lowest BCUT2D eigenvalue weighted by Crippen LogP contribution is -2.21. The zero-order chi connectivity index (χ0) is 18.9. The highest BCUT2D eigenvalue weighted by molar-refractivity contribution is 5.88. The second-order valence-electron chi connectivity index (χ2n) is 9.62. The number of hydrogen-bond donors (Lipinski definition) is 0. The Hall–Kier alpha value is -2.41. The normalized spacial score (nSPS) is 26.3. The van der Waals surface area contributed by atoms with Gasteiger partial charge < -0.3 is 0 Å². The lowest BCUT2D eigenvalue weighted by atomic mass is 9.73. The van der Waals surface area contributed by atoms with Gasteiger partial charge in [0.2, 0.25) is 0 Å². The Balaban J connectivity index is 1.57. The SMILES string of the molecule is CC1(C)c2c(-c3ccccn3)cccc2-c2cccc(C3CC4CCC3C4)c21. The molecular weight excluding hydrogens is 338 g/mol. The molecule has 0 radical (unpaired) electrons. The van der Waals surface area contributed by atoms with Crippen molar-refractivity contribution in [3.63, 3.8) is 0 Å². The second kappa shape index (κ2) is 5.80. The average Bonchev–Trinajstić information content (AvgIpc) is 3.42. The van der Waals surface area contributed by atoms with Crippen LogP contribution in [0.15, 0.2) is 60.8 Å². The third kappa shape index (κ3) is 2.16. The van der Waals surface area contributed by atoms with Crippen molar-refractivity contribution >= 4 is 0 Å². The minimum absolute atomic E-state index is 0.0111. The quantitative estimate of drug-likeness (QED) is 0.478. The van der Waals surface area contributed by atoms with Gasteiger partial charge in [-0.25, -0.2) is 0 Å². The Labute approximate surface area is 167 Å². The van der Waals surface area contributed by atoms with E-state index in [2.05, 4.69) is 67.4 Å². The van der Waals surface area contributed by atoms with Gasteiger partial charge in [-0.2, -0.15) is 0 Å². The summed E-state index contributed by atoms with van der Waals surface area (Å²) in [5, 5.41) is 0. The van der Waals surface area contributed by atoms with Crippen LogP contribution in [0.2, 0.25) is 0 Å². The summed E-state index contributed by atoms with van der Waals surface area (Å²) >= 11 is 0. The van der Waals surface area contributed by atoms with Crippen LogP contribution in [-0.4, -0.2) is 4.98 Å². The maximum Gasteiger partial charge on any atom is 0.0705 e. The highest BCUT2D eigenvalue weighted by Crippen LogP contribution is 2.59. The standard InChI is InChI=1S/C27H27N/c1-27(2)25-19(7-5-9-21(25)23-16-17-12-13-18(23)15-17)20-8-6-10-22(26(20)27)24-11-3-4-14-28-24/h3-11,14,17-18,23H,12-13,15-16H2,1-2H3. The fourth-order valence-corrected chi connectivity index (χ4v) is 6.74. The van der Waals surface area contributed by atoms with E-state index in [9.17, 15) is 0 Å². The maximum absolute atomic E-state index is 4.69. The van der Waals surface area contributed by atoms with Gasteiger partial charge in [-0.3, -0.25) is 4.98 Å². The van der Waals surface area contributed by atoms with Crippen molar-refractivity contribution in [1.29, 1.82) is 0 Å². The molecule has 3 atom stereocenters. The summed E-state index contributed by atoms with van der Waals surface area (Å²) < 4.78 is 0. The molecule has 0 N–H and O–H groups in total. The number of nitrogens with zero attached hydrogens (tertiary/aromatic N) is 1. The van der Waals surface area contributed by atoms with Gasteiger partial charge in [0, 0.05) is 17.2 Å². The largest absolute Gasteiger partial charge is 0.256 e. The molecule has 2 aromatic carbocycles. The van der Waals surface area contributed by atoms with E-state index in [1.165, 1.54) is 47.9 Å². The van der Waals surface area contributed by atoms with Crippen molar-refractivity contribution in [2.45, 2.75) is 50.9 Å². The molecule has 1 heterocycles. The molecule has 0 aliphatic heterocycles. The molecule has 3 aliphatic carbocycles. The first-order valence-corrected chi connectivity index (χ1v) is 10.8. The second-order valence-corrected chi connectivity index (χ2v) is 9.62. The van der Waals surface area contributed by atoms with Crippen LogP contribution in [0.5, 0.6) is 0 Å². The van der Waals surface area contributed by atoms with Gasteiger partial charge in [0.1, 0.15) is 0 Å². The Bertz CT molecular complexity index is 1060. The van der Waals surface area contributed by atoms with E-state index in [0.717, 1.165) is 23.4 Å². The van der Waals surface area contributed by atoms with E-state index in [1.807, 2.05) is 12.3 Å². The zero-order valence-corrected chi connectivity index (χ0v) is 16.8. The first kappa shape index (κ1) is 16.5. The molecule has 2 saturated carbocycles. The summed E-state index contributed by atoms with van der Waals surface area (Å²) in [6.07, 6.45) is 7.67. The lowest BCUT2D eigenvalue weighted by Gasteiger charge is -2.31. The molecular formula is C27H27N. The summed E-state index contributed by atoms with van der Waals surface area (Å²) in [4.78, 5) is 4.69. The first-order chi connectivity index (χ1) is 13.6. The smallest absolute Gasteiger partial charge is 0.0705 e. The molecule has 3 unspecified atom stereocenters. The Morgan fingerprint density at radius 2 is 1.57 bits per heavy atom. The van der Waals surface area contributed by atoms with Gasteiger partial charge in [0.05, 0.1) is 5.69 Å². The minimum atomic E-state index is 0.0111. The molecule has 0 amide bonds. The Morgan fingerprint density at radius 3 is 2.29 bits per heavy atom. The van der Waals surface area contributed by atoms with Gasteiger partial charge in [-0.05, 0) is 77.0 Å². The van der Waals surface area contributed by atoms with Gasteiger partial charge in [-0.1, -0.05) is 62.7 Å². The zero-order valence-electron chi connectivity index (χ0n) is 16.8. The number of benzene rings is 2. The average molecular weight is 366 g/mol. The van der Waals surface area contributed by atoms with Crippen LogP contribution in [0.1, 0.15) is 62.1 Å². The Morgan fingerprint density at radius 1 is 0.786 bits per heavy atom. The molecule has 3 aliphatic rings. The summed E-state index contributed by atoms with van der Waals surface area (Å²) in [5.41, 5.74) is 9.94.